The van der Waals surface area contributed by atoms with Gasteiger partial charge in [-0.3, -0.25) is 9.59 Å². The molecule has 0 spiro atoms. The number of fused-ring (bicyclic) bond motifs is 2. The number of hydrogen-bond donors (Lipinski definition) is 1. The van der Waals surface area contributed by atoms with Gasteiger partial charge in [0.2, 0.25) is 0 Å². The second kappa shape index (κ2) is 7.26. The quantitative estimate of drug-likeness (QED) is 0.777. The number of carbonyl (C=O) groups is 2. The van der Waals surface area contributed by atoms with Crippen molar-refractivity contribution in [2.75, 3.05) is 26.9 Å². The van der Waals surface area contributed by atoms with Crippen LogP contribution in [0.4, 0.5) is 0 Å². The van der Waals surface area contributed by atoms with Gasteiger partial charge in [-0.1, -0.05) is 12.1 Å². The van der Waals surface area contributed by atoms with Gasteiger partial charge in [-0.25, -0.2) is 0 Å². The van der Waals surface area contributed by atoms with Crippen molar-refractivity contribution in [3.63, 3.8) is 0 Å². The highest BCUT2D eigenvalue weighted by molar-refractivity contribution is 6.03. The number of carbonyl (C=O) groups excluding carboxylic acids is 2. The molecule has 1 amide bonds. The fourth-order valence-electron chi connectivity index (χ4n) is 4.89. The van der Waals surface area contributed by atoms with Gasteiger partial charge in [0, 0.05) is 30.5 Å². The Hall–Kier alpha value is -3.17. The summed E-state index contributed by atoms with van der Waals surface area (Å²) in [7, 11) is 1.57. The number of amides is 1. The van der Waals surface area contributed by atoms with Crippen LogP contribution in [-0.2, 0) is 4.74 Å². The Morgan fingerprint density at radius 1 is 1.17 bits per heavy atom. The molecular weight excluding hydrogens is 380 g/mol. The van der Waals surface area contributed by atoms with E-state index in [1.165, 1.54) is 0 Å². The van der Waals surface area contributed by atoms with E-state index in [1.54, 1.807) is 19.2 Å². The van der Waals surface area contributed by atoms with Gasteiger partial charge in [0.05, 0.1) is 37.0 Å². The summed E-state index contributed by atoms with van der Waals surface area (Å²) in [5, 5.41) is 11.9. The van der Waals surface area contributed by atoms with Crippen molar-refractivity contribution in [1.29, 1.82) is 5.26 Å². The Morgan fingerprint density at radius 2 is 1.97 bits per heavy atom. The van der Waals surface area contributed by atoms with E-state index in [-0.39, 0.29) is 17.6 Å². The molecule has 2 aromatic rings. The van der Waals surface area contributed by atoms with Crippen LogP contribution in [0.3, 0.4) is 0 Å². The highest BCUT2D eigenvalue weighted by atomic mass is 16.5. The summed E-state index contributed by atoms with van der Waals surface area (Å²) < 4.78 is 11.3. The lowest BCUT2D eigenvalue weighted by Gasteiger charge is -2.13. The molecule has 1 saturated carbocycles. The predicted molar refractivity (Wildman–Crippen MR) is 109 cm³/mol. The lowest BCUT2D eigenvalue weighted by molar-refractivity contribution is 0.0950. The number of ether oxygens (including phenoxy) is 2. The Labute approximate surface area is 174 Å². The average molecular weight is 402 g/mol. The maximum Gasteiger partial charge on any atom is 0.254 e. The molecule has 1 saturated heterocycles. The lowest BCUT2D eigenvalue weighted by atomic mass is 9.88. The first-order chi connectivity index (χ1) is 14.6. The number of nitrogens with one attached hydrogen (secondary N) is 1. The predicted octanol–water partition coefficient (Wildman–Crippen LogP) is 2.91. The van der Waals surface area contributed by atoms with Crippen molar-refractivity contribution < 1.29 is 19.1 Å². The number of nitriles is 1. The monoisotopic (exact) mass is 402 g/mol. The van der Waals surface area contributed by atoms with E-state index in [1.807, 2.05) is 24.3 Å². The van der Waals surface area contributed by atoms with E-state index in [9.17, 15) is 14.9 Å². The van der Waals surface area contributed by atoms with E-state index < -0.39 is 0 Å². The number of benzene rings is 2. The third-order valence-corrected chi connectivity index (χ3v) is 6.65. The first-order valence-corrected chi connectivity index (χ1v) is 10.2. The molecule has 3 aliphatic rings. The van der Waals surface area contributed by atoms with Gasteiger partial charge in [0.15, 0.2) is 5.78 Å². The molecule has 0 radical (unpaired) electrons. The van der Waals surface area contributed by atoms with Crippen LogP contribution >= 0.6 is 0 Å². The molecule has 5 rings (SSSR count). The third-order valence-electron chi connectivity index (χ3n) is 6.65. The van der Waals surface area contributed by atoms with E-state index >= 15 is 0 Å². The fraction of sp³-hybridized carbons (Fsp3) is 0.375. The van der Waals surface area contributed by atoms with E-state index in [4.69, 9.17) is 9.47 Å². The van der Waals surface area contributed by atoms with Crippen LogP contribution in [0.2, 0.25) is 0 Å². The lowest BCUT2D eigenvalue weighted by Crippen LogP contribution is -2.19. The van der Waals surface area contributed by atoms with Crippen LogP contribution in [-0.4, -0.2) is 38.6 Å². The topological polar surface area (TPSA) is 88.4 Å². The van der Waals surface area contributed by atoms with Crippen molar-refractivity contribution in [2.45, 2.75) is 12.3 Å². The van der Waals surface area contributed by atoms with Crippen molar-refractivity contribution in [3.8, 4) is 11.8 Å². The molecule has 152 valence electrons. The van der Waals surface area contributed by atoms with Crippen molar-refractivity contribution in [1.82, 2.24) is 5.32 Å². The first kappa shape index (κ1) is 18.8. The van der Waals surface area contributed by atoms with Crippen LogP contribution in [0.25, 0.3) is 0 Å². The number of Topliss-reactive ketones (excluding diaryl/α,β-unsaturated/α-hetero) is 1. The van der Waals surface area contributed by atoms with Gasteiger partial charge in [0.25, 0.3) is 5.91 Å². The number of ketones is 1. The van der Waals surface area contributed by atoms with Crippen molar-refractivity contribution in [2.24, 2.45) is 17.8 Å². The molecule has 2 aliphatic heterocycles. The minimum atomic E-state index is -0.274. The Morgan fingerprint density at radius 3 is 2.70 bits per heavy atom. The molecule has 2 fully saturated rings. The molecule has 6 heteroatoms. The summed E-state index contributed by atoms with van der Waals surface area (Å²) in [5.41, 5.74) is 3.27. The summed E-state index contributed by atoms with van der Waals surface area (Å²) in [4.78, 5) is 25.6. The summed E-state index contributed by atoms with van der Waals surface area (Å²) in [6.07, 6.45) is 0.486. The van der Waals surface area contributed by atoms with E-state index in [2.05, 4.69) is 11.4 Å². The smallest absolute Gasteiger partial charge is 0.254 e. The van der Waals surface area contributed by atoms with Crippen LogP contribution < -0.4 is 10.1 Å². The van der Waals surface area contributed by atoms with Gasteiger partial charge in [-0.2, -0.15) is 5.26 Å². The van der Waals surface area contributed by atoms with Crippen LogP contribution in [0.5, 0.6) is 5.75 Å². The van der Waals surface area contributed by atoms with Gasteiger partial charge in [-0.05, 0) is 47.6 Å². The molecule has 4 atom stereocenters. The molecule has 0 aromatic heterocycles. The Kier molecular flexibility index (Phi) is 4.56. The average Bonchev–Trinajstić information content (AvgIpc) is 3.15. The zero-order valence-electron chi connectivity index (χ0n) is 16.7. The van der Waals surface area contributed by atoms with Gasteiger partial charge < -0.3 is 14.8 Å². The van der Waals surface area contributed by atoms with E-state index in [0.717, 1.165) is 24.3 Å². The highest BCUT2D eigenvalue weighted by Gasteiger charge is 2.54. The SMILES string of the molecule is CNC(=O)c1cc(C(=O)CC2[C@H]3COC[C@@H]23)cc2c1OCC2c1cccc(C#N)c1. The summed E-state index contributed by atoms with van der Waals surface area (Å²) in [5.74, 6) is 1.58. The minimum absolute atomic E-state index is 0.0544. The highest BCUT2D eigenvalue weighted by Crippen LogP contribution is 2.53. The second-order valence-electron chi connectivity index (χ2n) is 8.28. The number of rotatable bonds is 5. The maximum absolute atomic E-state index is 13.1. The fourth-order valence-corrected chi connectivity index (χ4v) is 4.89. The molecule has 0 bridgehead atoms. The molecule has 2 heterocycles. The summed E-state index contributed by atoms with van der Waals surface area (Å²) >= 11 is 0. The molecule has 1 N–H and O–H groups in total. The van der Waals surface area contributed by atoms with Gasteiger partial charge >= 0.3 is 0 Å². The zero-order valence-corrected chi connectivity index (χ0v) is 16.7. The van der Waals surface area contributed by atoms with Crippen LogP contribution in [0.1, 0.15) is 49.7 Å². The molecule has 2 aromatic carbocycles. The standard InChI is InChI=1S/C24H22N2O4/c1-26-24(28)18-7-15(22(27)8-16-20-10-29-11-21(16)20)6-17-19(12-30-23(17)18)14-4-2-3-13(5-14)9-25/h2-7,16,19-21H,8,10-12H2,1H3,(H,26,28)/t16?,19?,20-,21+. The maximum atomic E-state index is 13.1. The molecule has 2 unspecified atom stereocenters. The second-order valence-corrected chi connectivity index (χ2v) is 8.28. The minimum Gasteiger partial charge on any atom is -0.491 e. The van der Waals surface area contributed by atoms with Crippen LogP contribution in [0.15, 0.2) is 36.4 Å². The van der Waals surface area contributed by atoms with Gasteiger partial charge in [0.1, 0.15) is 5.75 Å². The normalized spacial score (nSPS) is 25.6. The largest absolute Gasteiger partial charge is 0.491 e. The van der Waals surface area contributed by atoms with E-state index in [0.29, 0.717) is 53.2 Å². The van der Waals surface area contributed by atoms with Crippen molar-refractivity contribution in [3.05, 3.63) is 64.2 Å². The van der Waals surface area contributed by atoms with Gasteiger partial charge in [-0.15, -0.1) is 0 Å². The summed E-state index contributed by atoms with van der Waals surface area (Å²) in [6.45, 7) is 1.87. The summed E-state index contributed by atoms with van der Waals surface area (Å²) in [6, 6.07) is 13.1. The molecular formula is C24H22N2O4. The Balaban J connectivity index is 1.51. The number of nitrogens with zero attached hydrogens (tertiary/aromatic N) is 1. The molecule has 30 heavy (non-hydrogen) atoms. The van der Waals surface area contributed by atoms with Crippen molar-refractivity contribution >= 4 is 11.7 Å². The molecule has 6 nitrogen and oxygen atoms in total. The molecule has 1 aliphatic carbocycles. The number of hydrogen-bond acceptors (Lipinski definition) is 5. The van der Waals surface area contributed by atoms with Crippen LogP contribution in [0, 0.1) is 29.1 Å². The third kappa shape index (κ3) is 3.06. The Bertz CT molecular complexity index is 1080. The zero-order chi connectivity index (χ0) is 20.8. The first-order valence-electron chi connectivity index (χ1n) is 10.2.